The minimum atomic E-state index is -4.42. The van der Waals surface area contributed by atoms with Crippen molar-refractivity contribution in [1.82, 2.24) is 15.0 Å². The van der Waals surface area contributed by atoms with Crippen LogP contribution in [-0.2, 0) is 12.7 Å². The highest BCUT2D eigenvalue weighted by atomic mass is 19.4. The maximum Gasteiger partial charge on any atom is 0.416 e. The molecule has 0 atom stereocenters. The lowest BCUT2D eigenvalue weighted by atomic mass is 10.1. The van der Waals surface area contributed by atoms with Gasteiger partial charge in [0, 0.05) is 17.7 Å². The normalized spacial score (nSPS) is 11.2. The zero-order valence-electron chi connectivity index (χ0n) is 15.2. The molecule has 0 aliphatic carbocycles. The molecule has 3 aromatic rings. The van der Waals surface area contributed by atoms with E-state index in [0.717, 1.165) is 12.1 Å². The van der Waals surface area contributed by atoms with E-state index >= 15 is 0 Å². The Hall–Kier alpha value is -3.69. The summed E-state index contributed by atoms with van der Waals surface area (Å²) in [5, 5.41) is 2.87. The van der Waals surface area contributed by atoms with Gasteiger partial charge in [-0.1, -0.05) is 24.3 Å². The van der Waals surface area contributed by atoms with Gasteiger partial charge in [0.1, 0.15) is 0 Å². The maximum atomic E-state index is 12.8. The van der Waals surface area contributed by atoms with Crippen molar-refractivity contribution in [3.63, 3.8) is 0 Å². The van der Waals surface area contributed by atoms with Gasteiger partial charge in [0.15, 0.2) is 5.82 Å². The maximum absolute atomic E-state index is 12.8. The predicted molar refractivity (Wildman–Crippen MR) is 99.1 cm³/mol. The highest BCUT2D eigenvalue weighted by Crippen LogP contribution is 2.29. The van der Waals surface area contributed by atoms with Crippen molar-refractivity contribution in [1.29, 1.82) is 0 Å². The Morgan fingerprint density at radius 2 is 1.83 bits per heavy atom. The topological polar surface area (TPSA) is 103 Å². The average Bonchev–Trinajstić information content (AvgIpc) is 2.71. The summed E-state index contributed by atoms with van der Waals surface area (Å²) in [6.07, 6.45) is -4.42. The largest absolute Gasteiger partial charge is 0.467 e. The molecule has 0 radical (unpaired) electrons. The lowest BCUT2D eigenvalue weighted by Gasteiger charge is -2.11. The lowest BCUT2D eigenvalue weighted by molar-refractivity contribution is -0.137. The Morgan fingerprint density at radius 1 is 1.10 bits per heavy atom. The second-order valence-corrected chi connectivity index (χ2v) is 5.96. The standard InChI is InChI=1S/C19H16F3N5O2/c1-29-18-26-16(13-7-5-12(6-8-13)15(23)28)25-17(27-18)24-10-11-3-2-4-14(9-11)19(20,21)22/h2-9H,10H2,1H3,(H2,23,28)(H,24,25,26,27). The number of ether oxygens (including phenoxy) is 1. The summed E-state index contributed by atoms with van der Waals surface area (Å²) in [6, 6.07) is 11.3. The molecule has 7 nitrogen and oxygen atoms in total. The number of nitrogens with zero attached hydrogens (tertiary/aromatic N) is 3. The number of nitrogens with one attached hydrogen (secondary N) is 1. The van der Waals surface area contributed by atoms with Crippen molar-refractivity contribution in [2.75, 3.05) is 12.4 Å². The third-order valence-corrected chi connectivity index (χ3v) is 3.93. The average molecular weight is 403 g/mol. The van der Waals surface area contributed by atoms with Crippen LogP contribution in [0.2, 0.25) is 0 Å². The van der Waals surface area contributed by atoms with E-state index in [-0.39, 0.29) is 24.3 Å². The number of nitrogens with two attached hydrogens (primary N) is 1. The van der Waals surface area contributed by atoms with E-state index in [4.69, 9.17) is 10.5 Å². The molecule has 1 aromatic heterocycles. The van der Waals surface area contributed by atoms with Crippen LogP contribution in [0.25, 0.3) is 11.4 Å². The molecule has 0 unspecified atom stereocenters. The van der Waals surface area contributed by atoms with E-state index in [2.05, 4.69) is 20.3 Å². The zero-order chi connectivity index (χ0) is 21.0. The van der Waals surface area contributed by atoms with Gasteiger partial charge in [0.05, 0.1) is 12.7 Å². The number of carbonyl (C=O) groups is 1. The zero-order valence-corrected chi connectivity index (χ0v) is 15.2. The molecule has 29 heavy (non-hydrogen) atoms. The van der Waals surface area contributed by atoms with Gasteiger partial charge in [-0.15, -0.1) is 0 Å². The molecule has 3 rings (SSSR count). The molecule has 2 aromatic carbocycles. The number of aromatic nitrogens is 3. The van der Waals surface area contributed by atoms with Crippen LogP contribution in [0.4, 0.5) is 19.1 Å². The summed E-state index contributed by atoms with van der Waals surface area (Å²) in [5.41, 5.74) is 5.81. The molecule has 3 N–H and O–H groups in total. The summed E-state index contributed by atoms with van der Waals surface area (Å²) in [7, 11) is 1.38. The number of benzene rings is 2. The first-order chi connectivity index (χ1) is 13.8. The van der Waals surface area contributed by atoms with Crippen LogP contribution < -0.4 is 15.8 Å². The number of anilines is 1. The predicted octanol–water partition coefficient (Wildman–Crippen LogP) is 3.28. The Morgan fingerprint density at radius 3 is 2.45 bits per heavy atom. The Balaban J connectivity index is 1.83. The van der Waals surface area contributed by atoms with Gasteiger partial charge in [0.2, 0.25) is 11.9 Å². The first-order valence-electron chi connectivity index (χ1n) is 8.36. The van der Waals surface area contributed by atoms with Crippen LogP contribution >= 0.6 is 0 Å². The van der Waals surface area contributed by atoms with E-state index in [9.17, 15) is 18.0 Å². The Bertz CT molecular complexity index is 1020. The van der Waals surface area contributed by atoms with Gasteiger partial charge >= 0.3 is 12.2 Å². The number of alkyl halides is 3. The molecule has 0 saturated heterocycles. The smallest absolute Gasteiger partial charge is 0.416 e. The van der Waals surface area contributed by atoms with Gasteiger partial charge < -0.3 is 15.8 Å². The fourth-order valence-electron chi connectivity index (χ4n) is 2.48. The second-order valence-electron chi connectivity index (χ2n) is 5.96. The number of hydrogen-bond acceptors (Lipinski definition) is 6. The fraction of sp³-hybridized carbons (Fsp3) is 0.158. The van der Waals surface area contributed by atoms with Gasteiger partial charge in [-0.25, -0.2) is 0 Å². The number of methoxy groups -OCH3 is 1. The summed E-state index contributed by atoms with van der Waals surface area (Å²) in [6.45, 7) is 0.0666. The molecular formula is C19H16F3N5O2. The Kier molecular flexibility index (Phi) is 5.62. The molecule has 0 fully saturated rings. The third kappa shape index (κ3) is 4.98. The molecule has 1 amide bonds. The van der Waals surface area contributed by atoms with Gasteiger partial charge in [-0.3, -0.25) is 4.79 Å². The quantitative estimate of drug-likeness (QED) is 0.655. The fourth-order valence-corrected chi connectivity index (χ4v) is 2.48. The molecular weight excluding hydrogens is 387 g/mol. The van der Waals surface area contributed by atoms with Crippen molar-refractivity contribution in [3.8, 4) is 17.4 Å². The first-order valence-corrected chi connectivity index (χ1v) is 8.36. The number of rotatable bonds is 6. The van der Waals surface area contributed by atoms with Crippen molar-refractivity contribution < 1.29 is 22.7 Å². The number of carbonyl (C=O) groups excluding carboxylic acids is 1. The van der Waals surface area contributed by atoms with Crippen LogP contribution in [0.1, 0.15) is 21.5 Å². The van der Waals surface area contributed by atoms with Crippen molar-refractivity contribution >= 4 is 11.9 Å². The van der Waals surface area contributed by atoms with Crippen LogP contribution in [0, 0.1) is 0 Å². The van der Waals surface area contributed by atoms with Gasteiger partial charge in [0.25, 0.3) is 0 Å². The summed E-state index contributed by atoms with van der Waals surface area (Å²) >= 11 is 0. The minimum absolute atomic E-state index is 0.0283. The second kappa shape index (κ2) is 8.13. The Labute approximate surface area is 163 Å². The van der Waals surface area contributed by atoms with E-state index in [0.29, 0.717) is 16.7 Å². The number of amides is 1. The van der Waals surface area contributed by atoms with Crippen LogP contribution in [0.15, 0.2) is 48.5 Å². The third-order valence-electron chi connectivity index (χ3n) is 3.93. The molecule has 0 bridgehead atoms. The number of halogens is 3. The first kappa shape index (κ1) is 20.1. The van der Waals surface area contributed by atoms with Crippen molar-refractivity contribution in [3.05, 3.63) is 65.2 Å². The van der Waals surface area contributed by atoms with E-state index in [1.807, 2.05) is 0 Å². The van der Waals surface area contributed by atoms with E-state index < -0.39 is 17.6 Å². The summed E-state index contributed by atoms with van der Waals surface area (Å²) < 4.78 is 43.6. The monoisotopic (exact) mass is 403 g/mol. The SMILES string of the molecule is COc1nc(NCc2cccc(C(F)(F)F)c2)nc(-c2ccc(C(N)=O)cc2)n1. The van der Waals surface area contributed by atoms with E-state index in [1.165, 1.54) is 25.3 Å². The van der Waals surface area contributed by atoms with Crippen molar-refractivity contribution in [2.45, 2.75) is 12.7 Å². The van der Waals surface area contributed by atoms with Crippen LogP contribution in [0.3, 0.4) is 0 Å². The van der Waals surface area contributed by atoms with E-state index in [1.54, 1.807) is 18.2 Å². The molecule has 1 heterocycles. The molecule has 150 valence electrons. The minimum Gasteiger partial charge on any atom is -0.467 e. The molecule has 0 spiro atoms. The number of primary amides is 1. The highest BCUT2D eigenvalue weighted by Gasteiger charge is 2.30. The van der Waals surface area contributed by atoms with Crippen LogP contribution in [-0.4, -0.2) is 28.0 Å². The van der Waals surface area contributed by atoms with Gasteiger partial charge in [-0.05, 0) is 29.8 Å². The molecule has 0 aliphatic heterocycles. The number of hydrogen-bond donors (Lipinski definition) is 2. The van der Waals surface area contributed by atoms with Crippen LogP contribution in [0.5, 0.6) is 6.01 Å². The summed E-state index contributed by atoms with van der Waals surface area (Å²) in [5.74, 6) is -0.170. The van der Waals surface area contributed by atoms with Crippen molar-refractivity contribution in [2.24, 2.45) is 5.73 Å². The molecule has 10 heteroatoms. The van der Waals surface area contributed by atoms with Gasteiger partial charge in [-0.2, -0.15) is 28.1 Å². The summed E-state index contributed by atoms with van der Waals surface area (Å²) in [4.78, 5) is 23.7. The molecule has 0 saturated carbocycles. The molecule has 0 aliphatic rings. The lowest BCUT2D eigenvalue weighted by Crippen LogP contribution is -2.10. The highest BCUT2D eigenvalue weighted by molar-refractivity contribution is 5.93.